The van der Waals surface area contributed by atoms with Crippen LogP contribution in [0.15, 0.2) is 41.9 Å². The lowest BCUT2D eigenvalue weighted by Gasteiger charge is -1.96. The highest BCUT2D eigenvalue weighted by Crippen LogP contribution is 2.06. The minimum Gasteiger partial charge on any atom is -0.0985 e. The predicted molar refractivity (Wildman–Crippen MR) is 58.3 cm³/mol. The molecule has 0 aliphatic heterocycles. The molecule has 0 aliphatic rings. The largest absolute Gasteiger partial charge is 0.0985 e. The third kappa shape index (κ3) is 2.67. The number of rotatable bonds is 3. The lowest BCUT2D eigenvalue weighted by molar-refractivity contribution is 1.27. The first-order valence-electron chi connectivity index (χ1n) is 3.83. The van der Waals surface area contributed by atoms with E-state index in [0.29, 0.717) is 0 Å². The van der Waals surface area contributed by atoms with Crippen molar-refractivity contribution in [3.63, 3.8) is 0 Å². The topological polar surface area (TPSA) is 0 Å². The Balaban J connectivity index is 2.70. The van der Waals surface area contributed by atoms with E-state index in [4.69, 9.17) is 0 Å². The monoisotopic (exact) mass is 222 g/mol. The molecule has 0 unspecified atom stereocenters. The third-order valence-corrected chi connectivity index (χ3v) is 2.03. The second-order valence-corrected chi connectivity index (χ2v) is 3.04. The fourth-order valence-corrected chi connectivity index (χ4v) is 1.16. The van der Waals surface area contributed by atoms with Crippen LogP contribution in [-0.2, 0) is 6.42 Å². The van der Waals surface area contributed by atoms with Gasteiger partial charge < -0.3 is 0 Å². The average Bonchev–Trinajstić information content (AvgIpc) is 2.15. The Morgan fingerprint density at radius 2 is 1.92 bits per heavy atom. The third-order valence-electron chi connectivity index (χ3n) is 1.66. The standard InChI is InChI=1S/C11H11Br/c1-2-10-5-7-11(8-6-10)4-3-9-12/h2-3,5-9H,1,4H2. The van der Waals surface area contributed by atoms with Crippen molar-refractivity contribution in [1.29, 1.82) is 0 Å². The van der Waals surface area contributed by atoms with Crippen LogP contribution in [0.5, 0.6) is 0 Å². The molecule has 0 aromatic heterocycles. The van der Waals surface area contributed by atoms with Gasteiger partial charge in [0.25, 0.3) is 0 Å². The molecule has 1 heteroatoms. The van der Waals surface area contributed by atoms with E-state index in [2.05, 4.69) is 52.9 Å². The molecule has 0 atom stereocenters. The molecular formula is C11H11Br. The van der Waals surface area contributed by atoms with Gasteiger partial charge in [-0.15, -0.1) is 0 Å². The molecule has 0 bridgehead atoms. The van der Waals surface area contributed by atoms with Crippen LogP contribution in [-0.4, -0.2) is 0 Å². The van der Waals surface area contributed by atoms with Gasteiger partial charge in [0.1, 0.15) is 0 Å². The summed E-state index contributed by atoms with van der Waals surface area (Å²) >= 11 is 3.24. The van der Waals surface area contributed by atoms with Crippen LogP contribution in [0, 0.1) is 0 Å². The summed E-state index contributed by atoms with van der Waals surface area (Å²) in [5.41, 5.74) is 2.48. The van der Waals surface area contributed by atoms with Gasteiger partial charge in [0.2, 0.25) is 0 Å². The van der Waals surface area contributed by atoms with Crippen molar-refractivity contribution >= 4 is 22.0 Å². The molecule has 0 saturated carbocycles. The number of hydrogen-bond acceptors (Lipinski definition) is 0. The predicted octanol–water partition coefficient (Wildman–Crippen LogP) is 3.78. The summed E-state index contributed by atoms with van der Waals surface area (Å²) in [5, 5.41) is 0. The molecule has 0 N–H and O–H groups in total. The van der Waals surface area contributed by atoms with E-state index in [-0.39, 0.29) is 0 Å². The van der Waals surface area contributed by atoms with E-state index >= 15 is 0 Å². The lowest BCUT2D eigenvalue weighted by atomic mass is 10.1. The highest BCUT2D eigenvalue weighted by Gasteiger charge is 1.88. The minimum atomic E-state index is 0.975. The molecule has 1 aromatic rings. The van der Waals surface area contributed by atoms with Crippen LogP contribution < -0.4 is 0 Å². The summed E-state index contributed by atoms with van der Waals surface area (Å²) in [6.07, 6.45) is 4.90. The molecule has 0 spiro atoms. The summed E-state index contributed by atoms with van der Waals surface area (Å²) in [6, 6.07) is 8.38. The first-order chi connectivity index (χ1) is 5.86. The molecule has 1 aromatic carbocycles. The quantitative estimate of drug-likeness (QED) is 0.731. The molecule has 0 radical (unpaired) electrons. The van der Waals surface area contributed by atoms with Gasteiger partial charge in [0, 0.05) is 0 Å². The van der Waals surface area contributed by atoms with E-state index in [1.807, 2.05) is 11.1 Å². The van der Waals surface area contributed by atoms with Gasteiger partial charge in [-0.2, -0.15) is 0 Å². The maximum Gasteiger partial charge on any atom is -0.00892 e. The molecule has 0 saturated heterocycles. The molecule has 0 nitrogen and oxygen atoms in total. The molecule has 0 amide bonds. The van der Waals surface area contributed by atoms with E-state index < -0.39 is 0 Å². The van der Waals surface area contributed by atoms with Gasteiger partial charge in [-0.05, 0) is 22.5 Å². The van der Waals surface area contributed by atoms with Crippen LogP contribution in [0.1, 0.15) is 11.1 Å². The smallest absolute Gasteiger partial charge is 0.00892 e. The number of allylic oxidation sites excluding steroid dienone is 1. The average molecular weight is 223 g/mol. The molecule has 0 heterocycles. The van der Waals surface area contributed by atoms with Crippen molar-refractivity contribution in [2.45, 2.75) is 6.42 Å². The molecule has 0 aliphatic carbocycles. The van der Waals surface area contributed by atoms with Gasteiger partial charge >= 0.3 is 0 Å². The van der Waals surface area contributed by atoms with Crippen LogP contribution in [0.4, 0.5) is 0 Å². The van der Waals surface area contributed by atoms with Crippen molar-refractivity contribution in [1.82, 2.24) is 0 Å². The van der Waals surface area contributed by atoms with Gasteiger partial charge in [-0.3, -0.25) is 0 Å². The summed E-state index contributed by atoms with van der Waals surface area (Å²) in [6.45, 7) is 3.70. The number of benzene rings is 1. The maximum absolute atomic E-state index is 3.70. The van der Waals surface area contributed by atoms with Crippen molar-refractivity contribution in [3.8, 4) is 0 Å². The Hall–Kier alpha value is -0.820. The van der Waals surface area contributed by atoms with Crippen molar-refractivity contribution in [2.24, 2.45) is 0 Å². The van der Waals surface area contributed by atoms with Crippen LogP contribution >= 0.6 is 15.9 Å². The van der Waals surface area contributed by atoms with Crippen molar-refractivity contribution in [3.05, 3.63) is 53.0 Å². The maximum atomic E-state index is 3.70. The SMILES string of the molecule is C=Cc1ccc(CC=CBr)cc1. The van der Waals surface area contributed by atoms with Crippen LogP contribution in [0.25, 0.3) is 6.08 Å². The minimum absolute atomic E-state index is 0.975. The van der Waals surface area contributed by atoms with Gasteiger partial charge in [0.05, 0.1) is 0 Å². The summed E-state index contributed by atoms with van der Waals surface area (Å²) in [4.78, 5) is 1.88. The number of hydrogen-bond donors (Lipinski definition) is 0. The van der Waals surface area contributed by atoms with E-state index in [1.54, 1.807) is 0 Å². The van der Waals surface area contributed by atoms with Crippen LogP contribution in [0.2, 0.25) is 0 Å². The molecular weight excluding hydrogens is 212 g/mol. The Kier molecular flexibility index (Phi) is 3.81. The van der Waals surface area contributed by atoms with Gasteiger partial charge in [-0.1, -0.05) is 58.9 Å². The lowest BCUT2D eigenvalue weighted by Crippen LogP contribution is -1.79. The van der Waals surface area contributed by atoms with E-state index in [0.717, 1.165) is 6.42 Å². The van der Waals surface area contributed by atoms with Gasteiger partial charge in [0.15, 0.2) is 0 Å². The highest BCUT2D eigenvalue weighted by atomic mass is 79.9. The Labute approximate surface area is 81.7 Å². The normalized spacial score (nSPS) is 10.4. The van der Waals surface area contributed by atoms with Gasteiger partial charge in [-0.25, -0.2) is 0 Å². The number of halogens is 1. The first-order valence-corrected chi connectivity index (χ1v) is 4.75. The fourth-order valence-electron chi connectivity index (χ4n) is 0.970. The summed E-state index contributed by atoms with van der Waals surface area (Å²) in [7, 11) is 0. The molecule has 0 fully saturated rings. The first kappa shape index (κ1) is 9.27. The Morgan fingerprint density at radius 3 is 2.42 bits per heavy atom. The Bertz CT molecular complexity index is 270. The second-order valence-electron chi connectivity index (χ2n) is 2.51. The van der Waals surface area contributed by atoms with E-state index in [9.17, 15) is 0 Å². The Morgan fingerprint density at radius 1 is 1.25 bits per heavy atom. The molecule has 1 rings (SSSR count). The second kappa shape index (κ2) is 4.94. The highest BCUT2D eigenvalue weighted by molar-refractivity contribution is 9.11. The molecule has 62 valence electrons. The summed E-state index contributed by atoms with van der Waals surface area (Å²) in [5.74, 6) is 0. The van der Waals surface area contributed by atoms with Crippen molar-refractivity contribution < 1.29 is 0 Å². The molecule has 12 heavy (non-hydrogen) atoms. The van der Waals surface area contributed by atoms with Crippen molar-refractivity contribution in [2.75, 3.05) is 0 Å². The van der Waals surface area contributed by atoms with E-state index in [1.165, 1.54) is 11.1 Å². The summed E-state index contributed by atoms with van der Waals surface area (Å²) < 4.78 is 0. The zero-order valence-corrected chi connectivity index (χ0v) is 8.42. The fraction of sp³-hybridized carbons (Fsp3) is 0.0909. The van der Waals surface area contributed by atoms with Crippen LogP contribution in [0.3, 0.4) is 0 Å². The zero-order valence-electron chi connectivity index (χ0n) is 6.83. The zero-order chi connectivity index (χ0) is 8.81.